The molecule has 0 atom stereocenters. The van der Waals surface area contributed by atoms with Gasteiger partial charge in [-0.1, -0.05) is 0 Å². The zero-order valence-corrected chi connectivity index (χ0v) is 13.5. The third kappa shape index (κ3) is 9.68. The van der Waals surface area contributed by atoms with E-state index in [1.165, 1.54) is 4.90 Å². The molecule has 0 rings (SSSR count). The average molecular weight is 299 g/mol. The largest absolute Gasteiger partial charge is 0.465 e. The third-order valence-electron chi connectivity index (χ3n) is 2.41. The Morgan fingerprint density at radius 2 is 1.86 bits per heavy atom. The molecule has 0 aliphatic carbocycles. The Kier molecular flexibility index (Phi) is 8.39. The number of carbonyl (C=O) groups is 2. The predicted octanol–water partition coefficient (Wildman–Crippen LogP) is 1.24. The minimum Gasteiger partial charge on any atom is -0.465 e. The summed E-state index contributed by atoms with van der Waals surface area (Å²) in [5.41, 5.74) is -0.553. The van der Waals surface area contributed by atoms with Crippen LogP contribution in [0.15, 0.2) is 0 Å². The molecule has 1 amide bonds. The zero-order valence-electron chi connectivity index (χ0n) is 13.5. The highest BCUT2D eigenvalue weighted by molar-refractivity contribution is 5.71. The summed E-state index contributed by atoms with van der Waals surface area (Å²) in [6.45, 7) is 8.28. The molecule has 0 spiro atoms. The number of carbonyl (C=O) groups excluding carboxylic acids is 2. The van der Waals surface area contributed by atoms with E-state index in [2.05, 4.69) is 0 Å². The molecule has 0 fully saturated rings. The van der Waals surface area contributed by atoms with E-state index in [0.717, 1.165) is 0 Å². The van der Waals surface area contributed by atoms with E-state index in [-0.39, 0.29) is 19.1 Å². The van der Waals surface area contributed by atoms with Gasteiger partial charge in [-0.05, 0) is 27.7 Å². The Bertz CT molecular complexity index is 385. The van der Waals surface area contributed by atoms with E-state index in [9.17, 15) is 9.59 Å². The van der Waals surface area contributed by atoms with Crippen LogP contribution in [-0.4, -0.2) is 67.3 Å². The molecule has 0 saturated carbocycles. The van der Waals surface area contributed by atoms with E-state index < -0.39 is 11.7 Å². The normalized spacial score (nSPS) is 10.9. The number of hydrogen-bond donors (Lipinski definition) is 0. The summed E-state index contributed by atoms with van der Waals surface area (Å²) in [4.78, 5) is 26.2. The Morgan fingerprint density at radius 1 is 1.24 bits per heavy atom. The summed E-state index contributed by atoms with van der Waals surface area (Å²) < 4.78 is 10.1. The van der Waals surface area contributed by atoms with Crippen LogP contribution in [0.1, 0.15) is 27.7 Å². The molecule has 0 saturated heterocycles. The first-order valence-corrected chi connectivity index (χ1v) is 6.88. The van der Waals surface area contributed by atoms with Crippen LogP contribution in [0.25, 0.3) is 0 Å². The highest BCUT2D eigenvalue weighted by Crippen LogP contribution is 2.08. The molecule has 0 aliphatic heterocycles. The monoisotopic (exact) mass is 299 g/mol. The van der Waals surface area contributed by atoms with Gasteiger partial charge in [-0.2, -0.15) is 5.26 Å². The maximum atomic E-state index is 11.8. The minimum atomic E-state index is -0.553. The molecule has 0 bridgehead atoms. The Morgan fingerprint density at radius 3 is 2.33 bits per heavy atom. The Balaban J connectivity index is 4.32. The van der Waals surface area contributed by atoms with Crippen molar-refractivity contribution in [3.8, 4) is 6.07 Å². The summed E-state index contributed by atoms with van der Waals surface area (Å²) in [7, 11) is 1.61. The molecule has 0 aliphatic rings. The van der Waals surface area contributed by atoms with Gasteiger partial charge in [-0.15, -0.1) is 0 Å². The summed E-state index contributed by atoms with van der Waals surface area (Å²) in [6.07, 6.45) is -0.435. The van der Waals surface area contributed by atoms with Crippen molar-refractivity contribution in [2.75, 3.05) is 39.8 Å². The molecular weight excluding hydrogens is 274 g/mol. The van der Waals surface area contributed by atoms with Crippen LogP contribution in [0.5, 0.6) is 0 Å². The molecule has 0 N–H and O–H groups in total. The molecule has 0 unspecified atom stereocenters. The molecule has 0 heterocycles. The van der Waals surface area contributed by atoms with Crippen LogP contribution in [0.4, 0.5) is 4.79 Å². The van der Waals surface area contributed by atoms with E-state index in [1.54, 1.807) is 39.6 Å². The van der Waals surface area contributed by atoms with E-state index in [1.807, 2.05) is 6.07 Å². The van der Waals surface area contributed by atoms with Gasteiger partial charge in [0.2, 0.25) is 0 Å². The van der Waals surface area contributed by atoms with Crippen LogP contribution in [0, 0.1) is 11.3 Å². The Hall–Kier alpha value is -1.81. The number of esters is 1. The fourth-order valence-corrected chi connectivity index (χ4v) is 1.43. The molecule has 21 heavy (non-hydrogen) atoms. The first kappa shape index (κ1) is 19.2. The fourth-order valence-electron chi connectivity index (χ4n) is 1.43. The van der Waals surface area contributed by atoms with Crippen LogP contribution in [0.2, 0.25) is 0 Å². The quantitative estimate of drug-likeness (QED) is 0.519. The average Bonchev–Trinajstić information content (AvgIpc) is 2.34. The lowest BCUT2D eigenvalue weighted by atomic mass is 10.2. The molecular formula is C14H25N3O4. The lowest BCUT2D eigenvalue weighted by Crippen LogP contribution is -2.41. The standard InChI is InChI=1S/C14H25N3O4/c1-6-20-12(18)11-17(8-7-15)10-9-16(5)13(19)21-14(2,3)4/h6,8-11H2,1-5H3. The van der Waals surface area contributed by atoms with Crippen molar-refractivity contribution < 1.29 is 19.1 Å². The van der Waals surface area contributed by atoms with Crippen molar-refractivity contribution in [1.82, 2.24) is 9.80 Å². The van der Waals surface area contributed by atoms with Gasteiger partial charge >= 0.3 is 12.1 Å². The van der Waals surface area contributed by atoms with Crippen LogP contribution >= 0.6 is 0 Å². The molecule has 0 aromatic heterocycles. The number of likely N-dealkylation sites (N-methyl/N-ethyl adjacent to an activating group) is 1. The molecule has 0 radical (unpaired) electrons. The maximum Gasteiger partial charge on any atom is 0.410 e. The molecule has 120 valence electrons. The highest BCUT2D eigenvalue weighted by Gasteiger charge is 2.20. The first-order valence-electron chi connectivity index (χ1n) is 6.88. The second-order valence-electron chi connectivity index (χ2n) is 5.58. The van der Waals surface area contributed by atoms with Gasteiger partial charge in [0.1, 0.15) is 5.60 Å². The van der Waals surface area contributed by atoms with Gasteiger partial charge in [0.15, 0.2) is 0 Å². The SMILES string of the molecule is CCOC(=O)CN(CC#N)CCN(C)C(=O)OC(C)(C)C. The lowest BCUT2D eigenvalue weighted by Gasteiger charge is -2.26. The number of ether oxygens (including phenoxy) is 2. The number of amides is 1. The van der Waals surface area contributed by atoms with Gasteiger partial charge in [0.05, 0.1) is 25.8 Å². The lowest BCUT2D eigenvalue weighted by molar-refractivity contribution is -0.144. The number of nitrogens with zero attached hydrogens (tertiary/aromatic N) is 3. The van der Waals surface area contributed by atoms with Gasteiger partial charge < -0.3 is 14.4 Å². The van der Waals surface area contributed by atoms with Crippen molar-refractivity contribution >= 4 is 12.1 Å². The third-order valence-corrected chi connectivity index (χ3v) is 2.41. The fraction of sp³-hybridized carbons (Fsp3) is 0.786. The summed E-state index contributed by atoms with van der Waals surface area (Å²) >= 11 is 0. The van der Waals surface area contributed by atoms with E-state index in [4.69, 9.17) is 14.7 Å². The summed E-state index contributed by atoms with van der Waals surface area (Å²) in [5, 5.41) is 8.76. The molecule has 0 aromatic rings. The number of rotatable bonds is 7. The van der Waals surface area contributed by atoms with Crippen molar-refractivity contribution in [1.29, 1.82) is 5.26 Å². The second kappa shape index (κ2) is 9.19. The smallest absolute Gasteiger partial charge is 0.410 e. The van der Waals surface area contributed by atoms with Crippen molar-refractivity contribution in [2.45, 2.75) is 33.3 Å². The second-order valence-corrected chi connectivity index (χ2v) is 5.58. The minimum absolute atomic E-state index is 0.0313. The van der Waals surface area contributed by atoms with Gasteiger partial charge in [0, 0.05) is 20.1 Å². The summed E-state index contributed by atoms with van der Waals surface area (Å²) in [5.74, 6) is -0.382. The number of hydrogen-bond acceptors (Lipinski definition) is 6. The van der Waals surface area contributed by atoms with E-state index >= 15 is 0 Å². The summed E-state index contributed by atoms with van der Waals surface area (Å²) in [6, 6.07) is 1.99. The van der Waals surface area contributed by atoms with Crippen molar-refractivity contribution in [3.63, 3.8) is 0 Å². The molecule has 7 nitrogen and oxygen atoms in total. The topological polar surface area (TPSA) is 82.9 Å². The van der Waals surface area contributed by atoms with Crippen LogP contribution in [-0.2, 0) is 14.3 Å². The Labute approximate surface area is 126 Å². The van der Waals surface area contributed by atoms with Gasteiger partial charge in [-0.3, -0.25) is 9.69 Å². The van der Waals surface area contributed by atoms with Gasteiger partial charge in [-0.25, -0.2) is 4.79 Å². The molecule has 7 heteroatoms. The number of nitriles is 1. The van der Waals surface area contributed by atoms with Gasteiger partial charge in [0.25, 0.3) is 0 Å². The maximum absolute atomic E-state index is 11.8. The molecule has 0 aromatic carbocycles. The van der Waals surface area contributed by atoms with Crippen molar-refractivity contribution in [2.24, 2.45) is 0 Å². The highest BCUT2D eigenvalue weighted by atomic mass is 16.6. The van der Waals surface area contributed by atoms with Crippen LogP contribution < -0.4 is 0 Å². The van der Waals surface area contributed by atoms with Crippen molar-refractivity contribution in [3.05, 3.63) is 0 Å². The van der Waals surface area contributed by atoms with E-state index in [0.29, 0.717) is 19.7 Å². The predicted molar refractivity (Wildman–Crippen MR) is 77.6 cm³/mol. The first-order chi connectivity index (χ1) is 9.69. The van der Waals surface area contributed by atoms with Crippen LogP contribution in [0.3, 0.4) is 0 Å². The zero-order chi connectivity index (χ0) is 16.5.